The fourth-order valence-electron chi connectivity index (χ4n) is 2.93. The van der Waals surface area contributed by atoms with Crippen molar-refractivity contribution in [1.82, 2.24) is 5.32 Å². The first-order chi connectivity index (χ1) is 15.3. The number of nitriles is 1. The van der Waals surface area contributed by atoms with Gasteiger partial charge in [-0.2, -0.15) is 18.4 Å². The average molecular weight is 503 g/mol. The molecule has 33 heavy (non-hydrogen) atoms. The monoisotopic (exact) mass is 502 g/mol. The number of benzene rings is 2. The fourth-order valence-corrected chi connectivity index (χ4v) is 4.02. The zero-order chi connectivity index (χ0) is 24.6. The Hall–Kier alpha value is -2.79. The summed E-state index contributed by atoms with van der Waals surface area (Å²) < 4.78 is 71.4. The second-order valence-electron chi connectivity index (χ2n) is 7.27. The van der Waals surface area contributed by atoms with Crippen LogP contribution < -0.4 is 15.5 Å². The molecule has 0 saturated carbocycles. The van der Waals surface area contributed by atoms with Crippen LogP contribution in [-0.2, 0) is 21.1 Å². The molecule has 1 heterocycles. The molecule has 2 aromatic carbocycles. The lowest BCUT2D eigenvalue weighted by Gasteiger charge is -2.24. The van der Waals surface area contributed by atoms with E-state index in [0.29, 0.717) is 23.2 Å². The molecule has 0 aliphatic carbocycles. The number of carbonyl (C=O) groups is 1. The molecule has 2 aromatic rings. The summed E-state index contributed by atoms with van der Waals surface area (Å²) in [5, 5.41) is 21.8. The molecule has 0 saturated heterocycles. The SMILES string of the molecule is CC(C#N)(COc1ccc2c(c1Cl)B(O)OC2)NC(=O)c1ccc(S(=O)(=O)C(F)(F)F)cc1. The maximum Gasteiger partial charge on any atom is 0.501 e. The quantitative estimate of drug-likeness (QED) is 0.578. The summed E-state index contributed by atoms with van der Waals surface area (Å²) in [5.41, 5.74) is -6.23. The summed E-state index contributed by atoms with van der Waals surface area (Å²) in [6.07, 6.45) is 0. The first-order valence-corrected chi connectivity index (χ1v) is 11.0. The number of nitrogens with one attached hydrogen (secondary N) is 1. The predicted molar refractivity (Wildman–Crippen MR) is 111 cm³/mol. The summed E-state index contributed by atoms with van der Waals surface area (Å²) in [5.74, 6) is -0.708. The zero-order valence-corrected chi connectivity index (χ0v) is 18.4. The molecule has 0 fully saturated rings. The van der Waals surface area contributed by atoms with Gasteiger partial charge >= 0.3 is 12.6 Å². The summed E-state index contributed by atoms with van der Waals surface area (Å²) in [6, 6.07) is 8.10. The maximum absolute atomic E-state index is 12.6. The number of rotatable bonds is 6. The molecule has 1 atom stereocenters. The molecular formula is C19H15BClF3N2O6S. The van der Waals surface area contributed by atoms with Gasteiger partial charge in [0.15, 0.2) is 5.54 Å². The van der Waals surface area contributed by atoms with Crippen LogP contribution in [0.5, 0.6) is 5.75 Å². The van der Waals surface area contributed by atoms with Crippen LogP contribution in [0.2, 0.25) is 5.02 Å². The molecule has 0 spiro atoms. The van der Waals surface area contributed by atoms with Crippen LogP contribution in [-0.4, -0.2) is 44.1 Å². The minimum absolute atomic E-state index is 0.0885. The van der Waals surface area contributed by atoms with E-state index >= 15 is 0 Å². The first kappa shape index (κ1) is 24.8. The second kappa shape index (κ2) is 8.87. The molecule has 1 unspecified atom stereocenters. The van der Waals surface area contributed by atoms with Gasteiger partial charge in [-0.05, 0) is 42.8 Å². The van der Waals surface area contributed by atoms with Crippen LogP contribution in [0, 0.1) is 11.3 Å². The minimum Gasteiger partial charge on any atom is -0.488 e. The van der Waals surface area contributed by atoms with Gasteiger partial charge in [-0.3, -0.25) is 4.79 Å². The van der Waals surface area contributed by atoms with Crippen molar-refractivity contribution in [2.45, 2.75) is 29.5 Å². The number of hydrogen-bond donors (Lipinski definition) is 2. The Bertz CT molecular complexity index is 1230. The highest BCUT2D eigenvalue weighted by atomic mass is 35.5. The maximum atomic E-state index is 12.6. The van der Waals surface area contributed by atoms with E-state index in [1.54, 1.807) is 6.07 Å². The average Bonchev–Trinajstić information content (AvgIpc) is 3.14. The van der Waals surface area contributed by atoms with E-state index in [4.69, 9.17) is 21.0 Å². The molecule has 1 aliphatic rings. The lowest BCUT2D eigenvalue weighted by molar-refractivity contribution is -0.0436. The summed E-state index contributed by atoms with van der Waals surface area (Å²) in [7, 11) is -6.77. The number of hydrogen-bond acceptors (Lipinski definition) is 7. The van der Waals surface area contributed by atoms with Gasteiger partial charge in [-0.25, -0.2) is 8.42 Å². The highest BCUT2D eigenvalue weighted by Crippen LogP contribution is 2.30. The van der Waals surface area contributed by atoms with Crippen molar-refractivity contribution in [2.24, 2.45) is 0 Å². The smallest absolute Gasteiger partial charge is 0.488 e. The predicted octanol–water partition coefficient (Wildman–Crippen LogP) is 1.94. The Labute approximate surface area is 191 Å². The Morgan fingerprint density at radius 1 is 1.30 bits per heavy atom. The second-order valence-corrected chi connectivity index (χ2v) is 9.59. The molecular weight excluding hydrogens is 488 g/mol. The van der Waals surface area contributed by atoms with Gasteiger partial charge in [-0.15, -0.1) is 0 Å². The molecule has 174 valence electrons. The highest BCUT2D eigenvalue weighted by Gasteiger charge is 2.46. The van der Waals surface area contributed by atoms with Crippen LogP contribution in [0.15, 0.2) is 41.3 Å². The molecule has 0 aromatic heterocycles. The van der Waals surface area contributed by atoms with Gasteiger partial charge in [-0.1, -0.05) is 17.7 Å². The van der Waals surface area contributed by atoms with E-state index in [2.05, 4.69) is 5.32 Å². The normalized spacial score (nSPS) is 15.4. The molecule has 2 N–H and O–H groups in total. The number of fused-ring (bicyclic) bond motifs is 1. The Morgan fingerprint density at radius 3 is 2.52 bits per heavy atom. The van der Waals surface area contributed by atoms with Crippen LogP contribution in [0.3, 0.4) is 0 Å². The fraction of sp³-hybridized carbons (Fsp3) is 0.263. The summed E-state index contributed by atoms with van der Waals surface area (Å²) >= 11 is 6.24. The van der Waals surface area contributed by atoms with Crippen molar-refractivity contribution in [3.63, 3.8) is 0 Å². The number of carbonyl (C=O) groups excluding carboxylic acids is 1. The molecule has 3 rings (SSSR count). The molecule has 1 amide bonds. The Kier molecular flexibility index (Phi) is 6.68. The van der Waals surface area contributed by atoms with Crippen LogP contribution in [0.25, 0.3) is 0 Å². The van der Waals surface area contributed by atoms with Crippen molar-refractivity contribution in [3.8, 4) is 11.8 Å². The standard InChI is InChI=1S/C19H15BClF3N2O6S/c1-18(9-25,10-31-14-7-4-12-8-32-20(28)15(12)16(14)21)26-17(27)11-2-5-13(6-3-11)33(29,30)19(22,23)24/h2-7,28H,8,10H2,1H3,(H,26,27). The third-order valence-corrected chi connectivity index (χ3v) is 6.65. The van der Waals surface area contributed by atoms with Crippen LogP contribution in [0.1, 0.15) is 22.8 Å². The molecule has 0 bridgehead atoms. The number of amides is 1. The molecule has 14 heteroatoms. The van der Waals surface area contributed by atoms with Crippen LogP contribution in [0.4, 0.5) is 13.2 Å². The lowest BCUT2D eigenvalue weighted by atomic mass is 9.79. The van der Waals surface area contributed by atoms with E-state index in [1.165, 1.54) is 13.0 Å². The Balaban J connectivity index is 1.72. The van der Waals surface area contributed by atoms with Crippen molar-refractivity contribution < 1.29 is 40.8 Å². The number of nitrogens with zero attached hydrogens (tertiary/aromatic N) is 1. The van der Waals surface area contributed by atoms with Gasteiger partial charge in [0.05, 0.1) is 22.6 Å². The highest BCUT2D eigenvalue weighted by molar-refractivity contribution is 7.92. The van der Waals surface area contributed by atoms with E-state index in [0.717, 1.165) is 12.1 Å². The molecule has 1 aliphatic heterocycles. The van der Waals surface area contributed by atoms with Gasteiger partial charge < -0.3 is 19.7 Å². The van der Waals surface area contributed by atoms with E-state index in [1.807, 2.05) is 6.07 Å². The van der Waals surface area contributed by atoms with Crippen molar-refractivity contribution in [2.75, 3.05) is 6.61 Å². The zero-order valence-electron chi connectivity index (χ0n) is 16.8. The van der Waals surface area contributed by atoms with Crippen molar-refractivity contribution >= 4 is 39.9 Å². The Morgan fingerprint density at radius 2 is 1.94 bits per heavy atom. The number of sulfone groups is 1. The van der Waals surface area contributed by atoms with Crippen molar-refractivity contribution in [3.05, 3.63) is 52.5 Å². The minimum atomic E-state index is -5.55. The van der Waals surface area contributed by atoms with E-state index < -0.39 is 38.8 Å². The van der Waals surface area contributed by atoms with E-state index in [9.17, 15) is 36.7 Å². The van der Waals surface area contributed by atoms with E-state index in [-0.39, 0.29) is 29.5 Å². The summed E-state index contributed by atoms with van der Waals surface area (Å²) in [4.78, 5) is 11.5. The summed E-state index contributed by atoms with van der Waals surface area (Å²) in [6.45, 7) is 1.14. The first-order valence-electron chi connectivity index (χ1n) is 9.18. The third kappa shape index (κ3) is 4.94. The lowest BCUT2D eigenvalue weighted by Crippen LogP contribution is -2.49. The largest absolute Gasteiger partial charge is 0.501 e. The van der Waals surface area contributed by atoms with Gasteiger partial charge in [0, 0.05) is 11.0 Å². The third-order valence-electron chi connectivity index (χ3n) is 4.76. The van der Waals surface area contributed by atoms with Crippen molar-refractivity contribution in [1.29, 1.82) is 5.26 Å². The molecule has 8 nitrogen and oxygen atoms in total. The molecule has 0 radical (unpaired) electrons. The van der Waals surface area contributed by atoms with Crippen LogP contribution >= 0.6 is 11.6 Å². The number of ether oxygens (including phenoxy) is 1. The van der Waals surface area contributed by atoms with Gasteiger partial charge in [0.2, 0.25) is 0 Å². The van der Waals surface area contributed by atoms with Gasteiger partial charge in [0.1, 0.15) is 12.4 Å². The number of halogens is 4. The topological polar surface area (TPSA) is 126 Å². The number of alkyl halides is 3. The van der Waals surface area contributed by atoms with Gasteiger partial charge in [0.25, 0.3) is 15.7 Å².